The first-order valence-electron chi connectivity index (χ1n) is 9.13. The van der Waals surface area contributed by atoms with Crippen molar-refractivity contribution < 1.29 is 27.4 Å². The van der Waals surface area contributed by atoms with Crippen LogP contribution in [0.3, 0.4) is 0 Å². The number of benzene rings is 2. The van der Waals surface area contributed by atoms with Gasteiger partial charge in [0.25, 0.3) is 5.91 Å². The summed E-state index contributed by atoms with van der Waals surface area (Å²) in [4.78, 5) is 14.3. The van der Waals surface area contributed by atoms with E-state index in [0.29, 0.717) is 30.2 Å². The van der Waals surface area contributed by atoms with Crippen molar-refractivity contribution in [3.63, 3.8) is 0 Å². The van der Waals surface area contributed by atoms with Crippen LogP contribution in [0.25, 0.3) is 0 Å². The standard InChI is InChI=1S/C20H24N2O6S/c1-22(13-16-14-27-18-5-3-4-6-19(18)28-16)20(23)15-7-9-17(10-8-15)29(24,25)21-11-12-26-2/h3-10,16,21H,11-14H2,1-2H3/t16-/m1/s1. The van der Waals surface area contributed by atoms with E-state index in [4.69, 9.17) is 14.2 Å². The number of para-hydroxylation sites is 2. The summed E-state index contributed by atoms with van der Waals surface area (Å²) in [6.45, 7) is 1.14. The van der Waals surface area contributed by atoms with Gasteiger partial charge in [-0.15, -0.1) is 0 Å². The highest BCUT2D eigenvalue weighted by Crippen LogP contribution is 2.31. The number of hydrogen-bond donors (Lipinski definition) is 1. The van der Waals surface area contributed by atoms with E-state index in [1.807, 2.05) is 24.3 Å². The maximum Gasteiger partial charge on any atom is 0.253 e. The minimum absolute atomic E-state index is 0.0911. The predicted molar refractivity (Wildman–Crippen MR) is 107 cm³/mol. The van der Waals surface area contributed by atoms with Crippen LogP contribution in [-0.2, 0) is 14.8 Å². The van der Waals surface area contributed by atoms with Gasteiger partial charge in [-0.2, -0.15) is 0 Å². The van der Waals surface area contributed by atoms with Gasteiger partial charge in [-0.05, 0) is 36.4 Å². The summed E-state index contributed by atoms with van der Waals surface area (Å²) in [5, 5.41) is 0. The van der Waals surface area contributed by atoms with E-state index < -0.39 is 10.0 Å². The molecule has 156 valence electrons. The summed E-state index contributed by atoms with van der Waals surface area (Å²) >= 11 is 0. The quantitative estimate of drug-likeness (QED) is 0.651. The zero-order valence-electron chi connectivity index (χ0n) is 16.3. The fourth-order valence-corrected chi connectivity index (χ4v) is 3.91. The largest absolute Gasteiger partial charge is 0.486 e. The summed E-state index contributed by atoms with van der Waals surface area (Å²) < 4.78 is 43.2. The van der Waals surface area contributed by atoms with Crippen molar-refractivity contribution in [3.8, 4) is 11.5 Å². The number of hydrogen-bond acceptors (Lipinski definition) is 6. The van der Waals surface area contributed by atoms with Gasteiger partial charge in [0.15, 0.2) is 17.6 Å². The fraction of sp³-hybridized carbons (Fsp3) is 0.350. The van der Waals surface area contributed by atoms with E-state index in [2.05, 4.69) is 4.72 Å². The van der Waals surface area contributed by atoms with Gasteiger partial charge in [0.05, 0.1) is 18.0 Å². The molecule has 29 heavy (non-hydrogen) atoms. The summed E-state index contributed by atoms with van der Waals surface area (Å²) in [6, 6.07) is 13.2. The molecule has 0 aliphatic carbocycles. The molecule has 1 heterocycles. The Morgan fingerprint density at radius 3 is 2.55 bits per heavy atom. The van der Waals surface area contributed by atoms with Crippen LogP contribution in [0.4, 0.5) is 0 Å². The minimum atomic E-state index is -3.64. The number of carbonyl (C=O) groups is 1. The molecule has 0 unspecified atom stereocenters. The smallest absolute Gasteiger partial charge is 0.253 e. The van der Waals surface area contributed by atoms with Gasteiger partial charge in [-0.25, -0.2) is 13.1 Å². The average Bonchev–Trinajstić information content (AvgIpc) is 2.73. The summed E-state index contributed by atoms with van der Waals surface area (Å²) in [5.74, 6) is 1.11. The SMILES string of the molecule is COCCNS(=O)(=O)c1ccc(C(=O)N(C)C[C@@H]2COc3ccccc3O2)cc1. The summed E-state index contributed by atoms with van der Waals surface area (Å²) in [6.07, 6.45) is -0.288. The Hall–Kier alpha value is -2.62. The van der Waals surface area contributed by atoms with Crippen LogP contribution in [0.2, 0.25) is 0 Å². The molecule has 0 radical (unpaired) electrons. The Labute approximate surface area is 170 Å². The van der Waals surface area contributed by atoms with Gasteiger partial charge >= 0.3 is 0 Å². The third-order valence-corrected chi connectivity index (χ3v) is 5.88. The van der Waals surface area contributed by atoms with Crippen LogP contribution >= 0.6 is 0 Å². The molecule has 3 rings (SSSR count). The highest BCUT2D eigenvalue weighted by molar-refractivity contribution is 7.89. The number of ether oxygens (including phenoxy) is 3. The number of carbonyl (C=O) groups excluding carboxylic acids is 1. The number of amides is 1. The Balaban J connectivity index is 1.60. The molecule has 0 saturated heterocycles. The van der Waals surface area contributed by atoms with Gasteiger partial charge < -0.3 is 19.1 Å². The molecule has 0 aromatic heterocycles. The maximum atomic E-state index is 12.7. The average molecular weight is 420 g/mol. The van der Waals surface area contributed by atoms with E-state index in [1.165, 1.54) is 36.3 Å². The van der Waals surface area contributed by atoms with Crippen molar-refractivity contribution in [2.24, 2.45) is 0 Å². The second kappa shape index (κ2) is 9.25. The third kappa shape index (κ3) is 5.26. The van der Waals surface area contributed by atoms with E-state index in [0.717, 1.165) is 0 Å². The molecule has 9 heteroatoms. The number of nitrogens with zero attached hydrogens (tertiary/aromatic N) is 1. The van der Waals surface area contributed by atoms with Crippen LogP contribution < -0.4 is 14.2 Å². The van der Waals surface area contributed by atoms with Crippen molar-refractivity contribution in [1.82, 2.24) is 9.62 Å². The monoisotopic (exact) mass is 420 g/mol. The number of nitrogens with one attached hydrogen (secondary N) is 1. The zero-order chi connectivity index (χ0) is 20.9. The lowest BCUT2D eigenvalue weighted by Gasteiger charge is -2.29. The minimum Gasteiger partial charge on any atom is -0.486 e. The Bertz CT molecular complexity index is 946. The molecule has 2 aromatic rings. The Kier molecular flexibility index (Phi) is 6.73. The molecule has 2 aromatic carbocycles. The van der Waals surface area contributed by atoms with Crippen LogP contribution in [-0.4, -0.2) is 65.8 Å². The first kappa shape index (κ1) is 21.1. The highest BCUT2D eigenvalue weighted by atomic mass is 32.2. The Morgan fingerprint density at radius 1 is 1.17 bits per heavy atom. The number of rotatable bonds is 8. The van der Waals surface area contributed by atoms with Gasteiger partial charge in [0.2, 0.25) is 10.0 Å². The van der Waals surface area contributed by atoms with Crippen molar-refractivity contribution >= 4 is 15.9 Å². The molecule has 0 spiro atoms. The second-order valence-electron chi connectivity index (χ2n) is 6.60. The predicted octanol–water partition coefficient (Wildman–Crippen LogP) is 1.52. The molecular weight excluding hydrogens is 396 g/mol. The molecule has 1 amide bonds. The molecule has 1 atom stereocenters. The lowest BCUT2D eigenvalue weighted by Crippen LogP contribution is -2.41. The molecule has 0 saturated carbocycles. The topological polar surface area (TPSA) is 94.2 Å². The first-order chi connectivity index (χ1) is 13.9. The van der Waals surface area contributed by atoms with Crippen LogP contribution in [0, 0.1) is 0 Å². The van der Waals surface area contributed by atoms with E-state index >= 15 is 0 Å². The Morgan fingerprint density at radius 2 is 1.86 bits per heavy atom. The maximum absolute atomic E-state index is 12.7. The van der Waals surface area contributed by atoms with Crippen LogP contribution in [0.1, 0.15) is 10.4 Å². The van der Waals surface area contributed by atoms with Gasteiger partial charge in [0, 0.05) is 26.3 Å². The van der Waals surface area contributed by atoms with E-state index in [9.17, 15) is 13.2 Å². The fourth-order valence-electron chi connectivity index (χ4n) is 2.90. The van der Waals surface area contributed by atoms with Crippen LogP contribution in [0.15, 0.2) is 53.4 Å². The van der Waals surface area contributed by atoms with Gasteiger partial charge in [0.1, 0.15) is 6.61 Å². The summed E-state index contributed by atoms with van der Waals surface area (Å²) in [5.41, 5.74) is 0.389. The second-order valence-corrected chi connectivity index (χ2v) is 8.37. The molecule has 0 bridgehead atoms. The lowest BCUT2D eigenvalue weighted by molar-refractivity contribution is 0.0521. The molecule has 0 fully saturated rings. The van der Waals surface area contributed by atoms with Crippen molar-refractivity contribution in [2.75, 3.05) is 40.5 Å². The van der Waals surface area contributed by atoms with E-state index in [1.54, 1.807) is 7.05 Å². The zero-order valence-corrected chi connectivity index (χ0v) is 17.1. The number of sulfonamides is 1. The van der Waals surface area contributed by atoms with Crippen LogP contribution in [0.5, 0.6) is 11.5 Å². The molecule has 1 N–H and O–H groups in total. The molecule has 1 aliphatic heterocycles. The van der Waals surface area contributed by atoms with Gasteiger partial charge in [-0.1, -0.05) is 12.1 Å². The normalized spacial score (nSPS) is 15.7. The van der Waals surface area contributed by atoms with Crippen molar-refractivity contribution in [3.05, 3.63) is 54.1 Å². The van der Waals surface area contributed by atoms with E-state index in [-0.39, 0.29) is 30.1 Å². The number of methoxy groups -OCH3 is 1. The lowest BCUT2D eigenvalue weighted by atomic mass is 10.2. The summed E-state index contributed by atoms with van der Waals surface area (Å²) in [7, 11) is -0.473. The number of likely N-dealkylation sites (N-methyl/N-ethyl adjacent to an activating group) is 1. The third-order valence-electron chi connectivity index (χ3n) is 4.40. The molecular formula is C20H24N2O6S. The first-order valence-corrected chi connectivity index (χ1v) is 10.6. The van der Waals surface area contributed by atoms with Crippen molar-refractivity contribution in [1.29, 1.82) is 0 Å². The van der Waals surface area contributed by atoms with Gasteiger partial charge in [-0.3, -0.25) is 4.79 Å². The molecule has 8 nitrogen and oxygen atoms in total. The highest BCUT2D eigenvalue weighted by Gasteiger charge is 2.24. The number of fused-ring (bicyclic) bond motifs is 1. The molecule has 1 aliphatic rings. The van der Waals surface area contributed by atoms with Crippen molar-refractivity contribution in [2.45, 2.75) is 11.0 Å².